The van der Waals surface area contributed by atoms with E-state index in [1.54, 1.807) is 33.7 Å². The molecule has 4 aliphatic heterocycles. The van der Waals surface area contributed by atoms with Gasteiger partial charge in [-0.1, -0.05) is 72.8 Å². The predicted molar refractivity (Wildman–Crippen MR) is 183 cm³/mol. The molecule has 6 atom stereocenters. The number of thioether (sulfide) groups is 1. The molecule has 3 amide bonds. The first kappa shape index (κ1) is 33.5. The van der Waals surface area contributed by atoms with E-state index in [-0.39, 0.29) is 29.6 Å². The Balaban J connectivity index is 1.36. The number of aliphatic hydroxyl groups is 1. The fourth-order valence-corrected chi connectivity index (χ4v) is 10.3. The summed E-state index contributed by atoms with van der Waals surface area (Å²) >= 11 is 1.66. The van der Waals surface area contributed by atoms with E-state index < -0.39 is 28.7 Å². The average molecular weight is 659 g/mol. The molecule has 47 heavy (non-hydrogen) atoms. The lowest BCUT2D eigenvalue weighted by Crippen LogP contribution is -2.56. The van der Waals surface area contributed by atoms with Crippen LogP contribution >= 0.6 is 11.8 Å². The van der Waals surface area contributed by atoms with Crippen molar-refractivity contribution in [1.82, 2.24) is 19.6 Å². The van der Waals surface area contributed by atoms with Crippen LogP contribution in [0.3, 0.4) is 0 Å². The molecule has 10 heteroatoms. The van der Waals surface area contributed by atoms with E-state index >= 15 is 0 Å². The topological polar surface area (TPSA) is 93.6 Å². The number of morpholine rings is 1. The van der Waals surface area contributed by atoms with E-state index in [1.807, 2.05) is 65.6 Å². The Morgan fingerprint density at radius 1 is 1.00 bits per heavy atom. The number of hydrogen-bond donors (Lipinski definition) is 1. The van der Waals surface area contributed by atoms with Gasteiger partial charge < -0.3 is 24.5 Å². The minimum absolute atomic E-state index is 0.0671. The zero-order valence-corrected chi connectivity index (χ0v) is 27.8. The second kappa shape index (κ2) is 14.8. The summed E-state index contributed by atoms with van der Waals surface area (Å²) in [7, 11) is 0. The van der Waals surface area contributed by atoms with Gasteiger partial charge in [-0.15, -0.1) is 24.9 Å². The molecule has 1 N–H and O–H groups in total. The summed E-state index contributed by atoms with van der Waals surface area (Å²) in [6, 6.07) is 17.7. The van der Waals surface area contributed by atoms with E-state index in [0.717, 1.165) is 30.6 Å². The highest BCUT2D eigenvalue weighted by Gasteiger charge is 2.74. The largest absolute Gasteiger partial charge is 0.394 e. The van der Waals surface area contributed by atoms with Crippen molar-refractivity contribution in [2.45, 2.75) is 41.5 Å². The lowest BCUT2D eigenvalue weighted by atomic mass is 9.70. The van der Waals surface area contributed by atoms with Crippen LogP contribution in [-0.4, -0.2) is 118 Å². The Labute approximate surface area is 282 Å². The quantitative estimate of drug-likeness (QED) is 0.311. The van der Waals surface area contributed by atoms with Crippen molar-refractivity contribution in [1.29, 1.82) is 0 Å². The molecule has 0 radical (unpaired) electrons. The highest BCUT2D eigenvalue weighted by molar-refractivity contribution is 8.02. The van der Waals surface area contributed by atoms with Crippen molar-refractivity contribution in [2.24, 2.45) is 11.8 Å². The Morgan fingerprint density at radius 2 is 1.66 bits per heavy atom. The summed E-state index contributed by atoms with van der Waals surface area (Å²) in [4.78, 5) is 51.9. The third-order valence-corrected chi connectivity index (χ3v) is 12.2. The molecule has 2 aromatic rings. The number of carbonyl (C=O) groups excluding carboxylic acids is 3. The van der Waals surface area contributed by atoms with Crippen molar-refractivity contribution < 1.29 is 24.2 Å². The Hall–Kier alpha value is -3.44. The van der Waals surface area contributed by atoms with Gasteiger partial charge >= 0.3 is 0 Å². The molecule has 2 aromatic carbocycles. The molecule has 4 saturated heterocycles. The number of ether oxygens (including phenoxy) is 1. The van der Waals surface area contributed by atoms with Gasteiger partial charge in [0.2, 0.25) is 17.7 Å². The Kier molecular flexibility index (Phi) is 10.5. The summed E-state index contributed by atoms with van der Waals surface area (Å²) in [6.45, 7) is 12.8. The van der Waals surface area contributed by atoms with Gasteiger partial charge in [0.25, 0.3) is 0 Å². The molecule has 2 bridgehead atoms. The van der Waals surface area contributed by atoms with Crippen LogP contribution in [-0.2, 0) is 25.7 Å². The van der Waals surface area contributed by atoms with E-state index in [2.05, 4.69) is 18.1 Å². The first-order chi connectivity index (χ1) is 22.9. The normalized spacial score (nSPS) is 27.3. The number of nitrogens with zero attached hydrogens (tertiary/aromatic N) is 4. The standard InChI is InChI=1S/C37H46N4O5S/c1-3-17-39(20-19-38-21-23-46-24-22-38)36(45)33-37-16-15-30(47-37)31(34(43)40(18-4-2)25-27-11-7-5-8-12-27)32(37)35(44)41(33)29(26-42)28-13-9-6-10-14-28/h3-14,29-33,42H,1-2,15-26H2/t29-,30+,31-,32+,33?,37?/m1/s1. The van der Waals surface area contributed by atoms with E-state index in [9.17, 15) is 19.5 Å². The molecule has 0 aromatic heterocycles. The number of amides is 3. The highest BCUT2D eigenvalue weighted by Crippen LogP contribution is 2.67. The van der Waals surface area contributed by atoms with Gasteiger partial charge in [-0.05, 0) is 24.0 Å². The minimum Gasteiger partial charge on any atom is -0.394 e. The Bertz CT molecular complexity index is 1440. The fourth-order valence-electron chi connectivity index (χ4n) is 8.13. The molecule has 0 saturated carbocycles. The third kappa shape index (κ3) is 6.40. The van der Waals surface area contributed by atoms with Crippen LogP contribution in [0.4, 0.5) is 0 Å². The van der Waals surface area contributed by atoms with Crippen molar-refractivity contribution in [3.63, 3.8) is 0 Å². The zero-order chi connectivity index (χ0) is 33.0. The van der Waals surface area contributed by atoms with Crippen LogP contribution in [0, 0.1) is 11.8 Å². The monoisotopic (exact) mass is 658 g/mol. The second-order valence-corrected chi connectivity index (χ2v) is 14.5. The van der Waals surface area contributed by atoms with E-state index in [4.69, 9.17) is 4.74 Å². The van der Waals surface area contributed by atoms with Crippen LogP contribution < -0.4 is 0 Å². The SMILES string of the molecule is C=CCN(CCN1CCOCC1)C(=O)C1N([C@H](CO)c2ccccc2)C(=O)[C@@H]2[C@H](C(=O)N(CC=C)Cc3ccccc3)[C@@H]3CCC12S3. The smallest absolute Gasteiger partial charge is 0.247 e. The van der Waals surface area contributed by atoms with Crippen molar-refractivity contribution in [3.8, 4) is 0 Å². The summed E-state index contributed by atoms with van der Waals surface area (Å²) in [5.41, 5.74) is 1.77. The zero-order valence-electron chi connectivity index (χ0n) is 27.0. The number of likely N-dealkylation sites (tertiary alicyclic amines) is 1. The van der Waals surface area contributed by atoms with Crippen molar-refractivity contribution >= 4 is 29.5 Å². The van der Waals surface area contributed by atoms with Gasteiger partial charge in [0.15, 0.2) is 0 Å². The van der Waals surface area contributed by atoms with Gasteiger partial charge in [0.1, 0.15) is 6.04 Å². The molecule has 0 aliphatic carbocycles. The lowest BCUT2D eigenvalue weighted by molar-refractivity contribution is -0.147. The molecule has 6 rings (SSSR count). The first-order valence-electron chi connectivity index (χ1n) is 16.7. The van der Waals surface area contributed by atoms with Crippen molar-refractivity contribution in [2.75, 3.05) is 59.1 Å². The third-order valence-electron chi connectivity index (χ3n) is 10.3. The molecule has 4 fully saturated rings. The summed E-state index contributed by atoms with van der Waals surface area (Å²) in [5, 5.41) is 10.8. The number of aliphatic hydroxyl groups excluding tert-OH is 1. The fraction of sp³-hybridized carbons (Fsp3) is 0.486. The summed E-state index contributed by atoms with van der Waals surface area (Å²) in [6.07, 6.45) is 4.87. The number of rotatable bonds is 14. The molecule has 1 spiro atoms. The van der Waals surface area contributed by atoms with Gasteiger partial charge in [-0.2, -0.15) is 0 Å². The van der Waals surface area contributed by atoms with Crippen LogP contribution in [0.5, 0.6) is 0 Å². The number of carbonyl (C=O) groups is 3. The molecule has 9 nitrogen and oxygen atoms in total. The molecular formula is C37H46N4O5S. The predicted octanol–water partition coefficient (Wildman–Crippen LogP) is 3.37. The molecule has 250 valence electrons. The minimum atomic E-state index is -0.822. The van der Waals surface area contributed by atoms with Crippen LogP contribution in [0.25, 0.3) is 0 Å². The van der Waals surface area contributed by atoms with Gasteiger partial charge in [-0.25, -0.2) is 0 Å². The Morgan fingerprint density at radius 3 is 2.32 bits per heavy atom. The average Bonchev–Trinajstić information content (AvgIpc) is 3.75. The maximum absolute atomic E-state index is 14.9. The number of benzene rings is 2. The molecule has 2 unspecified atom stereocenters. The first-order valence-corrected chi connectivity index (χ1v) is 17.6. The van der Waals surface area contributed by atoms with Crippen molar-refractivity contribution in [3.05, 3.63) is 97.1 Å². The molecular weight excluding hydrogens is 612 g/mol. The van der Waals surface area contributed by atoms with Gasteiger partial charge in [0, 0.05) is 51.1 Å². The molecule has 4 aliphatic rings. The van der Waals surface area contributed by atoms with Gasteiger partial charge in [0.05, 0.1) is 42.4 Å². The van der Waals surface area contributed by atoms with E-state index in [1.165, 1.54) is 0 Å². The number of hydrogen-bond acceptors (Lipinski definition) is 7. The highest BCUT2D eigenvalue weighted by atomic mass is 32.2. The maximum atomic E-state index is 14.9. The molecule has 4 heterocycles. The van der Waals surface area contributed by atoms with E-state index in [0.29, 0.717) is 52.4 Å². The summed E-state index contributed by atoms with van der Waals surface area (Å²) in [5.74, 6) is -1.67. The van der Waals surface area contributed by atoms with Crippen LogP contribution in [0.15, 0.2) is 86.0 Å². The van der Waals surface area contributed by atoms with Gasteiger partial charge in [-0.3, -0.25) is 19.3 Å². The number of fused-ring (bicyclic) bond motifs is 1. The summed E-state index contributed by atoms with van der Waals surface area (Å²) < 4.78 is 4.75. The van der Waals surface area contributed by atoms with Crippen LogP contribution in [0.1, 0.15) is 30.0 Å². The lowest BCUT2D eigenvalue weighted by Gasteiger charge is -2.40. The second-order valence-electron chi connectivity index (χ2n) is 12.9. The maximum Gasteiger partial charge on any atom is 0.247 e. The van der Waals surface area contributed by atoms with Crippen LogP contribution in [0.2, 0.25) is 0 Å².